The first-order chi connectivity index (χ1) is 19.4. The summed E-state index contributed by atoms with van der Waals surface area (Å²) in [6.07, 6.45) is 2.91. The van der Waals surface area contributed by atoms with Crippen LogP contribution in [-0.4, -0.2) is 67.6 Å². The minimum atomic E-state index is -0.335. The summed E-state index contributed by atoms with van der Waals surface area (Å²) in [4.78, 5) is 30.4. The van der Waals surface area contributed by atoms with Gasteiger partial charge < -0.3 is 24.4 Å². The fourth-order valence-corrected chi connectivity index (χ4v) is 5.93. The van der Waals surface area contributed by atoms with Crippen LogP contribution in [0.25, 0.3) is 0 Å². The Morgan fingerprint density at radius 1 is 0.975 bits per heavy atom. The molecule has 0 unspecified atom stereocenters. The number of amides is 2. The van der Waals surface area contributed by atoms with Crippen LogP contribution in [0.2, 0.25) is 0 Å². The monoisotopic (exact) mass is 541 g/mol. The summed E-state index contributed by atoms with van der Waals surface area (Å²) >= 11 is 0. The predicted molar refractivity (Wildman–Crippen MR) is 151 cm³/mol. The standard InChI is InChI=1S/C32H35N3O5/c1-34-16-21-9-12-28(38-2)29(14-21)40-26-8-3-5-22(13-26)20-39-30-18-35(17-27(30)33-31(36)19-34)32(37)25-11-10-23-6-4-7-24(23)15-25/h3,5,8-15,27,30H,4,6-7,16-20H2,1-2H3,(H,33,36)/t27-,30-/m0/s1. The van der Waals surface area contributed by atoms with Crippen molar-refractivity contribution in [3.63, 3.8) is 0 Å². The highest BCUT2D eigenvalue weighted by Crippen LogP contribution is 2.33. The summed E-state index contributed by atoms with van der Waals surface area (Å²) < 4.78 is 18.1. The number of nitrogens with one attached hydrogen (secondary N) is 1. The molecular formula is C32H35N3O5. The summed E-state index contributed by atoms with van der Waals surface area (Å²) in [5.41, 5.74) is 5.25. The Hall–Kier alpha value is -3.88. The van der Waals surface area contributed by atoms with E-state index < -0.39 is 0 Å². The van der Waals surface area contributed by atoms with Crippen molar-refractivity contribution >= 4 is 11.8 Å². The van der Waals surface area contributed by atoms with Crippen LogP contribution < -0.4 is 14.8 Å². The van der Waals surface area contributed by atoms with E-state index in [1.807, 2.05) is 66.5 Å². The van der Waals surface area contributed by atoms with Crippen LogP contribution in [0.1, 0.15) is 39.0 Å². The molecule has 2 atom stereocenters. The zero-order valence-corrected chi connectivity index (χ0v) is 23.0. The Labute approximate surface area is 234 Å². The number of nitrogens with zero attached hydrogens (tertiary/aromatic N) is 2. The molecule has 3 aliphatic rings. The van der Waals surface area contributed by atoms with Gasteiger partial charge in [-0.15, -0.1) is 0 Å². The lowest BCUT2D eigenvalue weighted by molar-refractivity contribution is -0.123. The van der Waals surface area contributed by atoms with E-state index in [-0.39, 0.29) is 30.5 Å². The number of ether oxygens (including phenoxy) is 3. The molecule has 3 aromatic carbocycles. The first-order valence-corrected chi connectivity index (χ1v) is 13.9. The molecule has 3 aromatic rings. The largest absolute Gasteiger partial charge is 0.493 e. The molecule has 0 radical (unpaired) electrons. The van der Waals surface area contributed by atoms with Gasteiger partial charge in [-0.3, -0.25) is 14.5 Å². The third-order valence-electron chi connectivity index (χ3n) is 7.93. The van der Waals surface area contributed by atoms with Crippen molar-refractivity contribution in [2.24, 2.45) is 0 Å². The van der Waals surface area contributed by atoms with E-state index in [2.05, 4.69) is 11.4 Å². The Bertz CT molecular complexity index is 1420. The molecular weight excluding hydrogens is 506 g/mol. The second kappa shape index (κ2) is 11.3. The maximum absolute atomic E-state index is 13.5. The number of carbonyl (C=O) groups is 2. The summed E-state index contributed by atoms with van der Waals surface area (Å²) in [6, 6.07) is 19.3. The van der Waals surface area contributed by atoms with E-state index in [1.54, 1.807) is 12.0 Å². The smallest absolute Gasteiger partial charge is 0.254 e. The highest BCUT2D eigenvalue weighted by molar-refractivity contribution is 5.95. The van der Waals surface area contributed by atoms with E-state index in [4.69, 9.17) is 14.2 Å². The number of methoxy groups -OCH3 is 1. The third kappa shape index (κ3) is 5.69. The number of aryl methyl sites for hydroxylation is 2. The highest BCUT2D eigenvalue weighted by atomic mass is 16.5. The van der Waals surface area contributed by atoms with Gasteiger partial charge in [0.1, 0.15) is 5.75 Å². The molecule has 8 heteroatoms. The highest BCUT2D eigenvalue weighted by Gasteiger charge is 2.37. The van der Waals surface area contributed by atoms with Gasteiger partial charge in [0.05, 0.1) is 32.4 Å². The Morgan fingerprint density at radius 3 is 2.73 bits per heavy atom. The molecule has 2 heterocycles. The Balaban J connectivity index is 1.24. The number of likely N-dealkylation sites (tertiary alicyclic amines) is 1. The third-order valence-corrected chi connectivity index (χ3v) is 7.93. The molecule has 4 bridgehead atoms. The predicted octanol–water partition coefficient (Wildman–Crippen LogP) is 3.95. The molecule has 40 heavy (non-hydrogen) atoms. The minimum Gasteiger partial charge on any atom is -0.493 e. The number of benzene rings is 3. The molecule has 6 rings (SSSR count). The number of hydrogen-bond acceptors (Lipinski definition) is 6. The molecule has 0 spiro atoms. The molecule has 0 aromatic heterocycles. The maximum atomic E-state index is 13.5. The van der Waals surface area contributed by atoms with E-state index in [9.17, 15) is 9.59 Å². The maximum Gasteiger partial charge on any atom is 0.254 e. The fraction of sp³-hybridized carbons (Fsp3) is 0.375. The van der Waals surface area contributed by atoms with Crippen LogP contribution >= 0.6 is 0 Å². The fourth-order valence-electron chi connectivity index (χ4n) is 5.93. The van der Waals surface area contributed by atoms with Gasteiger partial charge in [0.15, 0.2) is 11.5 Å². The lowest BCUT2D eigenvalue weighted by Gasteiger charge is -2.23. The number of likely N-dealkylation sites (N-methyl/N-ethyl adjacent to an activating group) is 1. The molecule has 8 nitrogen and oxygen atoms in total. The number of carbonyl (C=O) groups excluding carboxylic acids is 2. The Morgan fingerprint density at radius 2 is 1.85 bits per heavy atom. The van der Waals surface area contributed by atoms with E-state index in [0.29, 0.717) is 49.1 Å². The van der Waals surface area contributed by atoms with Crippen LogP contribution in [0.5, 0.6) is 17.2 Å². The van der Waals surface area contributed by atoms with Crippen molar-refractivity contribution in [1.29, 1.82) is 0 Å². The molecule has 208 valence electrons. The van der Waals surface area contributed by atoms with Gasteiger partial charge in [-0.05, 0) is 85.0 Å². The number of fused-ring (bicyclic) bond motifs is 6. The first kappa shape index (κ1) is 26.3. The summed E-state index contributed by atoms with van der Waals surface area (Å²) in [5, 5.41) is 3.16. The van der Waals surface area contributed by atoms with Crippen molar-refractivity contribution < 1.29 is 23.8 Å². The second-order valence-electron chi connectivity index (χ2n) is 11.0. The van der Waals surface area contributed by atoms with Gasteiger partial charge in [-0.25, -0.2) is 0 Å². The van der Waals surface area contributed by atoms with Gasteiger partial charge in [0.2, 0.25) is 5.91 Å². The van der Waals surface area contributed by atoms with Gasteiger partial charge in [0, 0.05) is 25.2 Å². The normalized spacial score (nSPS) is 21.2. The summed E-state index contributed by atoms with van der Waals surface area (Å²) in [6.45, 7) is 1.91. The average Bonchev–Trinajstić information content (AvgIpc) is 3.58. The summed E-state index contributed by atoms with van der Waals surface area (Å²) in [5.74, 6) is 1.80. The van der Waals surface area contributed by atoms with Crippen molar-refractivity contribution in [1.82, 2.24) is 15.1 Å². The molecule has 1 N–H and O–H groups in total. The molecule has 1 fully saturated rings. The SMILES string of the molecule is COc1ccc2cc1Oc1cccc(c1)CO[C@H]1CN(C(=O)c3ccc4c(c3)CCC4)C[C@@H]1NC(=O)CN(C)C2. The van der Waals surface area contributed by atoms with Gasteiger partial charge >= 0.3 is 0 Å². The molecule has 1 saturated heterocycles. The van der Waals surface area contributed by atoms with Crippen LogP contribution in [-0.2, 0) is 35.5 Å². The molecule has 0 saturated carbocycles. The van der Waals surface area contributed by atoms with Gasteiger partial charge in [-0.1, -0.05) is 24.3 Å². The van der Waals surface area contributed by atoms with E-state index >= 15 is 0 Å². The minimum absolute atomic E-state index is 0.0216. The zero-order chi connectivity index (χ0) is 27.6. The van der Waals surface area contributed by atoms with Crippen molar-refractivity contribution in [2.45, 2.75) is 44.6 Å². The number of hydrogen-bond donors (Lipinski definition) is 1. The van der Waals surface area contributed by atoms with E-state index in [0.717, 1.165) is 30.4 Å². The van der Waals surface area contributed by atoms with Crippen LogP contribution in [0.3, 0.4) is 0 Å². The quantitative estimate of drug-likeness (QED) is 0.530. The van der Waals surface area contributed by atoms with E-state index in [1.165, 1.54) is 11.1 Å². The lowest BCUT2D eigenvalue weighted by atomic mass is 10.1. The van der Waals surface area contributed by atoms with Crippen molar-refractivity contribution in [3.05, 3.63) is 88.5 Å². The van der Waals surface area contributed by atoms with Gasteiger partial charge in [-0.2, -0.15) is 0 Å². The lowest BCUT2D eigenvalue weighted by Crippen LogP contribution is -2.47. The first-order valence-electron chi connectivity index (χ1n) is 13.9. The van der Waals surface area contributed by atoms with Crippen molar-refractivity contribution in [3.8, 4) is 17.2 Å². The van der Waals surface area contributed by atoms with Crippen LogP contribution in [0, 0.1) is 0 Å². The van der Waals surface area contributed by atoms with Crippen LogP contribution in [0.15, 0.2) is 60.7 Å². The zero-order valence-electron chi connectivity index (χ0n) is 23.0. The van der Waals surface area contributed by atoms with Crippen molar-refractivity contribution in [2.75, 3.05) is 33.8 Å². The van der Waals surface area contributed by atoms with Gasteiger partial charge in [0.25, 0.3) is 5.91 Å². The Kier molecular flexibility index (Phi) is 7.45. The number of rotatable bonds is 2. The average molecular weight is 542 g/mol. The topological polar surface area (TPSA) is 80.3 Å². The molecule has 2 aliphatic heterocycles. The molecule has 1 aliphatic carbocycles. The van der Waals surface area contributed by atoms with Crippen LogP contribution in [0.4, 0.5) is 0 Å². The summed E-state index contributed by atoms with van der Waals surface area (Å²) in [7, 11) is 3.52. The molecule has 2 amide bonds. The second-order valence-corrected chi connectivity index (χ2v) is 11.0.